The van der Waals surface area contributed by atoms with Gasteiger partial charge in [-0.15, -0.1) is 11.6 Å². The van der Waals surface area contributed by atoms with E-state index < -0.39 is 0 Å². The molecule has 72 valence electrons. The summed E-state index contributed by atoms with van der Waals surface area (Å²) in [7, 11) is 0. The maximum absolute atomic E-state index is 6.22. The molecule has 0 amide bonds. The summed E-state index contributed by atoms with van der Waals surface area (Å²) in [4.78, 5) is 0. The summed E-state index contributed by atoms with van der Waals surface area (Å²) in [5.41, 5.74) is 1.96. The van der Waals surface area contributed by atoms with Crippen LogP contribution in [0.1, 0.15) is 16.5 Å². The quantitative estimate of drug-likeness (QED) is 0.698. The van der Waals surface area contributed by atoms with Crippen LogP contribution in [0.2, 0.25) is 5.02 Å². The van der Waals surface area contributed by atoms with Crippen LogP contribution < -0.4 is 0 Å². The van der Waals surface area contributed by atoms with Gasteiger partial charge in [-0.2, -0.15) is 0 Å². The Labute approximate surface area is 92.3 Å². The van der Waals surface area contributed by atoms with Crippen molar-refractivity contribution >= 4 is 23.2 Å². The number of halogens is 2. The summed E-state index contributed by atoms with van der Waals surface area (Å²) in [6, 6.07) is 9.32. The van der Waals surface area contributed by atoms with Crippen LogP contribution in [0.25, 0.3) is 0 Å². The number of hydrogen-bond donors (Lipinski definition) is 0. The van der Waals surface area contributed by atoms with E-state index in [4.69, 9.17) is 27.6 Å². The normalized spacial score (nSPS) is 12.7. The highest BCUT2D eigenvalue weighted by Gasteiger charge is 2.11. The van der Waals surface area contributed by atoms with Gasteiger partial charge >= 0.3 is 0 Å². The number of benzene rings is 1. The van der Waals surface area contributed by atoms with Crippen LogP contribution >= 0.6 is 23.2 Å². The number of rotatable bonds is 2. The predicted octanol–water partition coefficient (Wildman–Crippen LogP) is 4.26. The lowest BCUT2D eigenvalue weighted by Gasteiger charge is -2.06. The van der Waals surface area contributed by atoms with E-state index in [-0.39, 0.29) is 5.38 Å². The Balaban J connectivity index is 2.28. The Morgan fingerprint density at radius 2 is 1.71 bits per heavy atom. The first kappa shape index (κ1) is 9.63. The molecule has 0 radical (unpaired) electrons. The van der Waals surface area contributed by atoms with E-state index in [1.807, 2.05) is 30.3 Å². The molecule has 1 atom stereocenters. The lowest BCUT2D eigenvalue weighted by molar-refractivity contribution is 0.564. The van der Waals surface area contributed by atoms with Crippen LogP contribution in [0, 0.1) is 0 Å². The molecule has 0 bridgehead atoms. The molecule has 1 unspecified atom stereocenters. The Morgan fingerprint density at radius 3 is 2.29 bits per heavy atom. The summed E-state index contributed by atoms with van der Waals surface area (Å²) in [5.74, 6) is 0. The summed E-state index contributed by atoms with van der Waals surface area (Å²) in [6.07, 6.45) is 3.26. The fourth-order valence-corrected chi connectivity index (χ4v) is 1.64. The van der Waals surface area contributed by atoms with Crippen molar-refractivity contribution in [1.82, 2.24) is 0 Å². The fraction of sp³-hybridized carbons (Fsp3) is 0.0909. The number of furan rings is 1. The summed E-state index contributed by atoms with van der Waals surface area (Å²) in [5, 5.41) is 0.538. The smallest absolute Gasteiger partial charge is 0.0952 e. The number of hydrogen-bond acceptors (Lipinski definition) is 1. The minimum atomic E-state index is -0.175. The van der Waals surface area contributed by atoms with E-state index >= 15 is 0 Å². The minimum Gasteiger partial charge on any atom is -0.472 e. The van der Waals surface area contributed by atoms with Gasteiger partial charge < -0.3 is 4.42 Å². The predicted molar refractivity (Wildman–Crippen MR) is 57.9 cm³/mol. The van der Waals surface area contributed by atoms with Crippen molar-refractivity contribution < 1.29 is 4.42 Å². The lowest BCUT2D eigenvalue weighted by atomic mass is 10.1. The van der Waals surface area contributed by atoms with E-state index in [9.17, 15) is 0 Å². The average Bonchev–Trinajstić information content (AvgIpc) is 2.71. The maximum atomic E-state index is 6.22. The van der Waals surface area contributed by atoms with E-state index in [0.29, 0.717) is 5.02 Å². The van der Waals surface area contributed by atoms with Gasteiger partial charge in [-0.1, -0.05) is 23.7 Å². The molecule has 2 rings (SSSR count). The summed E-state index contributed by atoms with van der Waals surface area (Å²) in [6.45, 7) is 0. The van der Waals surface area contributed by atoms with Gasteiger partial charge in [0.25, 0.3) is 0 Å². The molecule has 1 nitrogen and oxygen atoms in total. The van der Waals surface area contributed by atoms with Crippen molar-refractivity contribution in [3.05, 3.63) is 59.0 Å². The third-order valence-electron chi connectivity index (χ3n) is 2.00. The van der Waals surface area contributed by atoms with Gasteiger partial charge in [0.2, 0.25) is 0 Å². The molecule has 0 aliphatic rings. The molecule has 1 aromatic carbocycles. The van der Waals surface area contributed by atoms with Crippen molar-refractivity contribution in [2.75, 3.05) is 0 Å². The van der Waals surface area contributed by atoms with Crippen molar-refractivity contribution in [2.45, 2.75) is 5.38 Å². The highest BCUT2D eigenvalue weighted by molar-refractivity contribution is 6.30. The monoisotopic (exact) mass is 226 g/mol. The topological polar surface area (TPSA) is 13.1 Å². The average molecular weight is 227 g/mol. The van der Waals surface area contributed by atoms with Gasteiger partial charge in [0.1, 0.15) is 0 Å². The zero-order valence-corrected chi connectivity index (χ0v) is 8.79. The molecule has 0 aliphatic carbocycles. The van der Waals surface area contributed by atoms with E-state index in [1.54, 1.807) is 12.5 Å². The molecule has 0 spiro atoms. The maximum Gasteiger partial charge on any atom is 0.0952 e. The molecule has 14 heavy (non-hydrogen) atoms. The zero-order chi connectivity index (χ0) is 9.97. The molecule has 2 aromatic rings. The van der Waals surface area contributed by atoms with Crippen molar-refractivity contribution in [1.29, 1.82) is 0 Å². The highest BCUT2D eigenvalue weighted by Crippen LogP contribution is 2.29. The second kappa shape index (κ2) is 4.07. The molecule has 1 heterocycles. The van der Waals surface area contributed by atoms with Crippen LogP contribution in [0.5, 0.6) is 0 Å². The second-order valence-corrected chi connectivity index (χ2v) is 3.84. The molecule has 0 saturated heterocycles. The van der Waals surface area contributed by atoms with Crippen LogP contribution in [-0.4, -0.2) is 0 Å². The van der Waals surface area contributed by atoms with Gasteiger partial charge in [-0.05, 0) is 23.8 Å². The molecule has 3 heteroatoms. The van der Waals surface area contributed by atoms with Crippen molar-refractivity contribution in [3.63, 3.8) is 0 Å². The van der Waals surface area contributed by atoms with Gasteiger partial charge in [-0.3, -0.25) is 0 Å². The number of alkyl halides is 1. The Kier molecular flexibility index (Phi) is 2.80. The van der Waals surface area contributed by atoms with Crippen molar-refractivity contribution in [2.24, 2.45) is 0 Å². The molecule has 1 aromatic heterocycles. The third kappa shape index (κ3) is 1.94. The first-order valence-corrected chi connectivity index (χ1v) is 5.00. The first-order chi connectivity index (χ1) is 6.77. The molecule has 0 aliphatic heterocycles. The highest BCUT2D eigenvalue weighted by atomic mass is 35.5. The standard InChI is InChI=1S/C11H8Cl2O/c12-10-3-1-8(2-4-10)11(13)9-5-6-14-7-9/h1-7,11H. The Morgan fingerprint density at radius 1 is 1.00 bits per heavy atom. The van der Waals surface area contributed by atoms with E-state index in [0.717, 1.165) is 11.1 Å². The summed E-state index contributed by atoms with van der Waals surface area (Å²) >= 11 is 12.0. The van der Waals surface area contributed by atoms with E-state index in [1.165, 1.54) is 0 Å². The van der Waals surface area contributed by atoms with Crippen LogP contribution in [0.3, 0.4) is 0 Å². The summed E-state index contributed by atoms with van der Waals surface area (Å²) < 4.78 is 4.97. The van der Waals surface area contributed by atoms with Crippen LogP contribution in [0.15, 0.2) is 47.3 Å². The molecule has 0 saturated carbocycles. The van der Waals surface area contributed by atoms with E-state index in [2.05, 4.69) is 0 Å². The largest absolute Gasteiger partial charge is 0.472 e. The zero-order valence-electron chi connectivity index (χ0n) is 7.28. The van der Waals surface area contributed by atoms with Crippen LogP contribution in [-0.2, 0) is 0 Å². The van der Waals surface area contributed by atoms with Crippen LogP contribution in [0.4, 0.5) is 0 Å². The molecular formula is C11H8Cl2O. The lowest BCUT2D eigenvalue weighted by Crippen LogP contribution is -1.89. The third-order valence-corrected chi connectivity index (χ3v) is 2.75. The molecule has 0 fully saturated rings. The first-order valence-electron chi connectivity index (χ1n) is 4.19. The minimum absolute atomic E-state index is 0.175. The fourth-order valence-electron chi connectivity index (χ4n) is 1.24. The van der Waals surface area contributed by atoms with Gasteiger partial charge in [0.15, 0.2) is 0 Å². The Bertz CT molecular complexity index is 392. The van der Waals surface area contributed by atoms with Gasteiger partial charge in [-0.25, -0.2) is 0 Å². The second-order valence-electron chi connectivity index (χ2n) is 2.97. The van der Waals surface area contributed by atoms with Gasteiger partial charge in [0.05, 0.1) is 17.9 Å². The molecular weight excluding hydrogens is 219 g/mol. The SMILES string of the molecule is Clc1ccc(C(Cl)c2ccoc2)cc1. The van der Waals surface area contributed by atoms with Crippen molar-refractivity contribution in [3.8, 4) is 0 Å². The Hall–Kier alpha value is -0.920. The van der Waals surface area contributed by atoms with Gasteiger partial charge in [0, 0.05) is 10.6 Å². The molecule has 0 N–H and O–H groups in total.